The molecule has 3 N–H and O–H groups in total. The van der Waals surface area contributed by atoms with Gasteiger partial charge >= 0.3 is 0 Å². The van der Waals surface area contributed by atoms with Gasteiger partial charge < -0.3 is 15.8 Å². The van der Waals surface area contributed by atoms with Gasteiger partial charge in [0.1, 0.15) is 11.4 Å². The van der Waals surface area contributed by atoms with Gasteiger partial charge in [-0.1, -0.05) is 48.9 Å². The van der Waals surface area contributed by atoms with Crippen LogP contribution in [0.15, 0.2) is 54.6 Å². The average molecular weight is 431 g/mol. The van der Waals surface area contributed by atoms with Gasteiger partial charge in [-0.15, -0.1) is 10.2 Å². The molecule has 0 radical (unpaired) electrons. The third-order valence-corrected chi connectivity index (χ3v) is 6.32. The highest BCUT2D eigenvalue weighted by Crippen LogP contribution is 2.42. The summed E-state index contributed by atoms with van der Waals surface area (Å²) in [6.07, 6.45) is 7.41. The van der Waals surface area contributed by atoms with Crippen LogP contribution in [0.2, 0.25) is 0 Å². The zero-order valence-electron chi connectivity index (χ0n) is 18.3. The van der Waals surface area contributed by atoms with Crippen molar-refractivity contribution >= 4 is 5.57 Å². The maximum atomic E-state index is 6.50. The maximum absolute atomic E-state index is 6.50. The molecule has 2 aliphatic rings. The summed E-state index contributed by atoms with van der Waals surface area (Å²) in [7, 11) is 0. The Morgan fingerprint density at radius 1 is 0.969 bits per heavy atom. The largest absolute Gasteiger partial charge is 0.482 e. The number of unbranched alkanes of at least 4 members (excludes halogenated alkanes) is 2. The zero-order valence-corrected chi connectivity index (χ0v) is 18.3. The monoisotopic (exact) mass is 430 g/mol. The number of tetrazole rings is 1. The van der Waals surface area contributed by atoms with E-state index in [0.717, 1.165) is 75.2 Å². The summed E-state index contributed by atoms with van der Waals surface area (Å²) >= 11 is 0. The number of aryl methyl sites for hydroxylation is 1. The number of piperidine rings is 1. The minimum atomic E-state index is -0.234. The first-order valence-electron chi connectivity index (χ1n) is 11.6. The van der Waals surface area contributed by atoms with Crippen LogP contribution in [0.3, 0.4) is 0 Å². The molecule has 1 spiro atoms. The predicted octanol–water partition coefficient (Wildman–Crippen LogP) is 3.42. The SMILES string of the molecule is NCCCCCn1nnc(-c2ccc(C3=CC4(CCNCC4)Oc4ccccc43)cc2)n1. The highest BCUT2D eigenvalue weighted by molar-refractivity contribution is 5.85. The first-order valence-corrected chi connectivity index (χ1v) is 11.6. The van der Waals surface area contributed by atoms with Crippen molar-refractivity contribution in [2.75, 3.05) is 19.6 Å². The van der Waals surface area contributed by atoms with E-state index in [-0.39, 0.29) is 5.60 Å². The quantitative estimate of drug-likeness (QED) is 0.558. The molecule has 0 saturated carbocycles. The van der Waals surface area contributed by atoms with Gasteiger partial charge in [0.25, 0.3) is 0 Å². The van der Waals surface area contributed by atoms with E-state index < -0.39 is 0 Å². The average Bonchev–Trinajstić information content (AvgIpc) is 3.31. The fourth-order valence-electron chi connectivity index (χ4n) is 4.53. The Kier molecular flexibility index (Phi) is 6.01. The maximum Gasteiger partial charge on any atom is 0.204 e. The van der Waals surface area contributed by atoms with Crippen LogP contribution in [0.5, 0.6) is 5.75 Å². The Bertz CT molecular complexity index is 1080. The van der Waals surface area contributed by atoms with Gasteiger partial charge in [-0.3, -0.25) is 0 Å². The first-order chi connectivity index (χ1) is 15.8. The molecule has 0 bridgehead atoms. The van der Waals surface area contributed by atoms with Gasteiger partial charge in [0, 0.05) is 24.0 Å². The highest BCUT2D eigenvalue weighted by Gasteiger charge is 2.36. The molecule has 0 unspecified atom stereocenters. The van der Waals surface area contributed by atoms with E-state index in [2.05, 4.69) is 69.3 Å². The summed E-state index contributed by atoms with van der Waals surface area (Å²) in [4.78, 5) is 1.68. The van der Waals surface area contributed by atoms with Crippen LogP contribution in [0.25, 0.3) is 17.0 Å². The van der Waals surface area contributed by atoms with E-state index in [1.807, 2.05) is 6.07 Å². The molecule has 0 aliphatic carbocycles. The van der Waals surface area contributed by atoms with Gasteiger partial charge in [-0.25, -0.2) is 0 Å². The van der Waals surface area contributed by atoms with E-state index in [9.17, 15) is 0 Å². The minimum absolute atomic E-state index is 0.234. The molecule has 1 saturated heterocycles. The van der Waals surface area contributed by atoms with E-state index in [1.165, 1.54) is 11.1 Å². The van der Waals surface area contributed by atoms with Crippen molar-refractivity contribution in [3.05, 3.63) is 65.7 Å². The van der Waals surface area contributed by atoms with E-state index >= 15 is 0 Å². The summed E-state index contributed by atoms with van der Waals surface area (Å²) in [5, 5.41) is 16.4. The molecule has 0 amide bonds. The standard InChI is InChI=1S/C25H30N6O/c26-14-4-1-5-17-31-29-24(28-30-31)20-10-8-19(9-11-20)22-18-25(12-15-27-16-13-25)32-23-7-3-2-6-21(22)23/h2-3,6-11,18,27H,1,4-5,12-17,26H2. The van der Waals surface area contributed by atoms with Gasteiger partial charge in [0.15, 0.2) is 0 Å². The predicted molar refractivity (Wildman–Crippen MR) is 125 cm³/mol. The van der Waals surface area contributed by atoms with Gasteiger partial charge in [0.05, 0.1) is 6.54 Å². The summed E-state index contributed by atoms with van der Waals surface area (Å²) in [6, 6.07) is 16.8. The Balaban J connectivity index is 1.39. The molecule has 3 aromatic rings. The van der Waals surface area contributed by atoms with Crippen molar-refractivity contribution in [3.8, 4) is 17.1 Å². The smallest absolute Gasteiger partial charge is 0.204 e. The number of rotatable bonds is 7. The van der Waals surface area contributed by atoms with E-state index in [1.54, 1.807) is 4.80 Å². The number of fused-ring (bicyclic) bond motifs is 1. The van der Waals surface area contributed by atoms with E-state index in [0.29, 0.717) is 5.82 Å². The number of nitrogens with one attached hydrogen (secondary N) is 1. The zero-order chi connectivity index (χ0) is 21.8. The number of aromatic nitrogens is 4. The van der Waals surface area contributed by atoms with Crippen LogP contribution < -0.4 is 15.8 Å². The molecule has 7 nitrogen and oxygen atoms in total. The topological polar surface area (TPSA) is 90.9 Å². The first kappa shape index (κ1) is 20.8. The summed E-state index contributed by atoms with van der Waals surface area (Å²) in [5.74, 6) is 1.63. The third kappa shape index (κ3) is 4.31. The number of benzene rings is 2. The Morgan fingerprint density at radius 3 is 2.56 bits per heavy atom. The van der Waals surface area contributed by atoms with Crippen LogP contribution in [-0.4, -0.2) is 45.4 Å². The summed E-state index contributed by atoms with van der Waals surface area (Å²) < 4.78 is 6.50. The van der Waals surface area contributed by atoms with Crippen molar-refractivity contribution in [2.45, 2.75) is 44.2 Å². The Morgan fingerprint density at radius 2 is 1.75 bits per heavy atom. The van der Waals surface area contributed by atoms with Gasteiger partial charge in [-0.2, -0.15) is 4.80 Å². The lowest BCUT2D eigenvalue weighted by Crippen LogP contribution is -2.46. The number of nitrogens with two attached hydrogens (primary N) is 1. The fourth-order valence-corrected chi connectivity index (χ4v) is 4.53. The number of para-hydroxylation sites is 1. The van der Waals surface area contributed by atoms with Crippen molar-refractivity contribution < 1.29 is 4.74 Å². The number of ether oxygens (including phenoxy) is 1. The summed E-state index contributed by atoms with van der Waals surface area (Å²) in [5.41, 5.74) is 9.85. The Labute approximate surface area is 188 Å². The minimum Gasteiger partial charge on any atom is -0.482 e. The fraction of sp³-hybridized carbons (Fsp3) is 0.400. The molecule has 2 aliphatic heterocycles. The second-order valence-corrected chi connectivity index (χ2v) is 8.61. The van der Waals surface area contributed by atoms with Crippen LogP contribution in [0.1, 0.15) is 43.2 Å². The Hall–Kier alpha value is -3.03. The van der Waals surface area contributed by atoms with Crippen LogP contribution in [-0.2, 0) is 6.54 Å². The molecule has 1 aromatic heterocycles. The third-order valence-electron chi connectivity index (χ3n) is 6.32. The van der Waals surface area contributed by atoms with Gasteiger partial charge in [0.2, 0.25) is 5.82 Å². The van der Waals surface area contributed by atoms with Crippen LogP contribution in [0, 0.1) is 0 Å². The second kappa shape index (κ2) is 9.22. The molecular formula is C25H30N6O. The number of hydrogen-bond acceptors (Lipinski definition) is 6. The molecule has 2 aromatic carbocycles. The molecular weight excluding hydrogens is 400 g/mol. The van der Waals surface area contributed by atoms with Gasteiger partial charge in [-0.05, 0) is 61.0 Å². The van der Waals surface area contributed by atoms with Crippen LogP contribution >= 0.6 is 0 Å². The van der Waals surface area contributed by atoms with Crippen LogP contribution in [0.4, 0.5) is 0 Å². The molecule has 0 atom stereocenters. The number of nitrogens with zero attached hydrogens (tertiary/aromatic N) is 4. The molecule has 166 valence electrons. The summed E-state index contributed by atoms with van der Waals surface area (Å²) in [6.45, 7) is 3.44. The second-order valence-electron chi connectivity index (χ2n) is 8.61. The van der Waals surface area contributed by atoms with Crippen molar-refractivity contribution in [1.29, 1.82) is 0 Å². The lowest BCUT2D eigenvalue weighted by molar-refractivity contribution is 0.0817. The van der Waals surface area contributed by atoms with Crippen molar-refractivity contribution in [3.63, 3.8) is 0 Å². The van der Waals surface area contributed by atoms with Crippen molar-refractivity contribution in [1.82, 2.24) is 25.5 Å². The molecule has 3 heterocycles. The highest BCUT2D eigenvalue weighted by atomic mass is 16.5. The van der Waals surface area contributed by atoms with E-state index in [4.69, 9.17) is 10.5 Å². The lowest BCUT2D eigenvalue weighted by atomic mass is 9.83. The molecule has 1 fully saturated rings. The number of hydrogen-bond donors (Lipinski definition) is 2. The normalized spacial score (nSPS) is 17.0. The molecule has 5 rings (SSSR count). The molecule has 32 heavy (non-hydrogen) atoms. The van der Waals surface area contributed by atoms with Crippen molar-refractivity contribution in [2.24, 2.45) is 5.73 Å². The lowest BCUT2D eigenvalue weighted by Gasteiger charge is -2.40. The molecule has 7 heteroatoms.